The third-order valence-corrected chi connectivity index (χ3v) is 0. The van der Waals surface area contributed by atoms with Crippen LogP contribution in [-0.4, -0.2) is 48.9 Å². The van der Waals surface area contributed by atoms with Gasteiger partial charge in [0.05, 0.1) is 0 Å². The molecule has 9 heavy (non-hydrogen) atoms. The Morgan fingerprint density at radius 2 is 0.444 bits per heavy atom. The molecule has 4 nitrogen and oxygen atoms in total. The molecule has 0 spiro atoms. The van der Waals surface area contributed by atoms with Crippen molar-refractivity contribution in [3.63, 3.8) is 0 Å². The van der Waals surface area contributed by atoms with Crippen molar-refractivity contribution in [1.29, 1.82) is 0 Å². The van der Waals surface area contributed by atoms with Gasteiger partial charge in [0.1, 0.15) is 0 Å². The maximum absolute atomic E-state index is 7.00. The van der Waals surface area contributed by atoms with E-state index in [0.717, 1.165) is 28.4 Å². The SMILES string of the molecule is CO.CO.CO.CO.[Zr]. The van der Waals surface area contributed by atoms with Gasteiger partial charge in [-0.1, -0.05) is 0 Å². The summed E-state index contributed by atoms with van der Waals surface area (Å²) in [4.78, 5) is 0. The van der Waals surface area contributed by atoms with Gasteiger partial charge in [-0.05, 0) is 0 Å². The Hall–Kier alpha value is 0.723. The molecule has 0 aliphatic rings. The molecule has 0 aliphatic heterocycles. The van der Waals surface area contributed by atoms with Gasteiger partial charge in [0, 0.05) is 54.6 Å². The van der Waals surface area contributed by atoms with Crippen LogP contribution in [0.3, 0.4) is 0 Å². The molecule has 0 radical (unpaired) electrons. The van der Waals surface area contributed by atoms with Gasteiger partial charge >= 0.3 is 0 Å². The van der Waals surface area contributed by atoms with Crippen LogP contribution in [0, 0.1) is 0 Å². The first-order valence-corrected chi connectivity index (χ1v) is 1.79. The van der Waals surface area contributed by atoms with Crippen molar-refractivity contribution in [3.05, 3.63) is 0 Å². The van der Waals surface area contributed by atoms with Crippen molar-refractivity contribution in [3.8, 4) is 0 Å². The molecule has 5 heteroatoms. The van der Waals surface area contributed by atoms with E-state index in [0.29, 0.717) is 0 Å². The van der Waals surface area contributed by atoms with Crippen LogP contribution < -0.4 is 0 Å². The number of aliphatic hydroxyl groups is 4. The van der Waals surface area contributed by atoms with Gasteiger partial charge in [0.15, 0.2) is 0 Å². The molecule has 0 aromatic heterocycles. The smallest absolute Gasteiger partial charge is 0.0319 e. The fourth-order valence-corrected chi connectivity index (χ4v) is 0. The molecule has 0 unspecified atom stereocenters. The molecule has 0 saturated heterocycles. The minimum Gasteiger partial charge on any atom is -0.400 e. The van der Waals surface area contributed by atoms with Gasteiger partial charge in [-0.2, -0.15) is 0 Å². The van der Waals surface area contributed by atoms with Crippen molar-refractivity contribution in [2.45, 2.75) is 0 Å². The van der Waals surface area contributed by atoms with Gasteiger partial charge in [-0.3, -0.25) is 0 Å². The summed E-state index contributed by atoms with van der Waals surface area (Å²) in [7, 11) is 4.00. The van der Waals surface area contributed by atoms with Crippen molar-refractivity contribution < 1.29 is 46.6 Å². The first kappa shape index (κ1) is 33.2. The maximum Gasteiger partial charge on any atom is 0.0319 e. The maximum atomic E-state index is 7.00. The van der Waals surface area contributed by atoms with Crippen LogP contribution in [0.1, 0.15) is 0 Å². The molecule has 0 rings (SSSR count). The van der Waals surface area contributed by atoms with Crippen molar-refractivity contribution in [2.24, 2.45) is 0 Å². The zero-order chi connectivity index (χ0) is 8.00. The van der Waals surface area contributed by atoms with Crippen molar-refractivity contribution in [2.75, 3.05) is 28.4 Å². The van der Waals surface area contributed by atoms with Gasteiger partial charge in [-0.15, -0.1) is 0 Å². The predicted octanol–water partition coefficient (Wildman–Crippen LogP) is -1.57. The molecule has 0 aromatic carbocycles. The third-order valence-electron chi connectivity index (χ3n) is 0. The van der Waals surface area contributed by atoms with E-state index < -0.39 is 0 Å². The standard InChI is InChI=1S/4CH4O.Zr/c4*1-2;/h4*2H,1H3;. The molecule has 0 aliphatic carbocycles. The van der Waals surface area contributed by atoms with E-state index in [2.05, 4.69) is 0 Å². The van der Waals surface area contributed by atoms with Gasteiger partial charge < -0.3 is 20.4 Å². The van der Waals surface area contributed by atoms with E-state index in [1.807, 2.05) is 0 Å². The predicted molar refractivity (Wildman–Crippen MR) is 32.6 cm³/mol. The second-order valence-electron chi connectivity index (χ2n) is 0. The number of hydrogen-bond acceptors (Lipinski definition) is 4. The van der Waals surface area contributed by atoms with Crippen LogP contribution in [0.2, 0.25) is 0 Å². The van der Waals surface area contributed by atoms with E-state index in [9.17, 15) is 0 Å². The molecule has 0 aromatic rings. The molecule has 60 valence electrons. The summed E-state index contributed by atoms with van der Waals surface area (Å²) in [5, 5.41) is 28.0. The van der Waals surface area contributed by atoms with E-state index in [4.69, 9.17) is 20.4 Å². The Morgan fingerprint density at radius 1 is 0.444 bits per heavy atom. The van der Waals surface area contributed by atoms with E-state index in [1.54, 1.807) is 0 Å². The summed E-state index contributed by atoms with van der Waals surface area (Å²) >= 11 is 0. The number of hydrogen-bond donors (Lipinski definition) is 4. The van der Waals surface area contributed by atoms with E-state index in [-0.39, 0.29) is 26.2 Å². The number of rotatable bonds is 0. The van der Waals surface area contributed by atoms with Crippen LogP contribution in [0.15, 0.2) is 0 Å². The van der Waals surface area contributed by atoms with Crippen LogP contribution in [-0.2, 0) is 26.2 Å². The van der Waals surface area contributed by atoms with Crippen LogP contribution in [0.25, 0.3) is 0 Å². The monoisotopic (exact) mass is 218 g/mol. The second-order valence-corrected chi connectivity index (χ2v) is 0. The summed E-state index contributed by atoms with van der Waals surface area (Å²) in [6.07, 6.45) is 0. The van der Waals surface area contributed by atoms with E-state index >= 15 is 0 Å². The van der Waals surface area contributed by atoms with Crippen molar-refractivity contribution in [1.82, 2.24) is 0 Å². The van der Waals surface area contributed by atoms with Crippen molar-refractivity contribution >= 4 is 0 Å². The molecule has 0 atom stereocenters. The molecule has 0 saturated carbocycles. The minimum atomic E-state index is 0. The number of aliphatic hydroxyl groups excluding tert-OH is 4. The topological polar surface area (TPSA) is 80.9 Å². The Morgan fingerprint density at radius 3 is 0.444 bits per heavy atom. The molecule has 0 amide bonds. The van der Waals surface area contributed by atoms with Gasteiger partial charge in [0.2, 0.25) is 0 Å². The summed E-state index contributed by atoms with van der Waals surface area (Å²) in [5.74, 6) is 0. The van der Waals surface area contributed by atoms with Crippen LogP contribution in [0.4, 0.5) is 0 Å². The average Bonchev–Trinajstić information content (AvgIpc) is 2.03. The van der Waals surface area contributed by atoms with Crippen LogP contribution >= 0.6 is 0 Å². The second kappa shape index (κ2) is 995. The quantitative estimate of drug-likeness (QED) is 0.397. The molecular weight excluding hydrogens is 203 g/mol. The molecular formula is C4H16O4Zr. The summed E-state index contributed by atoms with van der Waals surface area (Å²) < 4.78 is 0. The normalized spacial score (nSPS) is 2.67. The summed E-state index contributed by atoms with van der Waals surface area (Å²) in [5.41, 5.74) is 0. The Labute approximate surface area is 75.3 Å². The van der Waals surface area contributed by atoms with E-state index in [1.165, 1.54) is 0 Å². The fourth-order valence-electron chi connectivity index (χ4n) is 0. The minimum absolute atomic E-state index is 0. The fraction of sp³-hybridized carbons (Fsp3) is 1.00. The largest absolute Gasteiger partial charge is 0.400 e. The first-order chi connectivity index (χ1) is 4.00. The summed E-state index contributed by atoms with van der Waals surface area (Å²) in [6, 6.07) is 0. The Balaban J connectivity index is -0.00000000762. The molecule has 0 fully saturated rings. The Bertz CT molecular complexity index is 12.5. The molecule has 4 N–H and O–H groups in total. The first-order valence-electron chi connectivity index (χ1n) is 1.79. The van der Waals surface area contributed by atoms with Gasteiger partial charge in [-0.25, -0.2) is 0 Å². The average molecular weight is 219 g/mol. The molecule has 0 heterocycles. The Kier molecular flexibility index (Phi) is 3670. The van der Waals surface area contributed by atoms with Crippen LogP contribution in [0.5, 0.6) is 0 Å². The molecule has 0 bridgehead atoms. The zero-order valence-corrected chi connectivity index (χ0v) is 8.75. The van der Waals surface area contributed by atoms with Gasteiger partial charge in [0.25, 0.3) is 0 Å². The zero-order valence-electron chi connectivity index (χ0n) is 6.29. The summed E-state index contributed by atoms with van der Waals surface area (Å²) in [6.45, 7) is 0. The third kappa shape index (κ3) is 754.